The molecule has 7 nitrogen and oxygen atoms in total. The zero-order chi connectivity index (χ0) is 22.7. The van der Waals surface area contributed by atoms with Crippen molar-refractivity contribution in [1.29, 1.82) is 0 Å². The van der Waals surface area contributed by atoms with Crippen LogP contribution >= 0.6 is 0 Å². The summed E-state index contributed by atoms with van der Waals surface area (Å²) in [6.45, 7) is 6.31. The van der Waals surface area contributed by atoms with E-state index in [0.717, 1.165) is 16.9 Å². The SMILES string of the molecule is CC[C@H]1Oc2ccc(C)cc2N(CC(=O)N(Cc2cccnc2)Cc2ccc(C)o2)C1=O. The van der Waals surface area contributed by atoms with Crippen molar-refractivity contribution in [3.8, 4) is 5.75 Å². The molecule has 166 valence electrons. The number of fused-ring (bicyclic) bond motifs is 1. The molecule has 2 aromatic heterocycles. The zero-order valence-electron chi connectivity index (χ0n) is 18.6. The normalized spacial score (nSPS) is 15.3. The summed E-state index contributed by atoms with van der Waals surface area (Å²) in [7, 11) is 0. The van der Waals surface area contributed by atoms with Gasteiger partial charge in [0, 0.05) is 18.9 Å². The van der Waals surface area contributed by atoms with Gasteiger partial charge in [-0.05, 0) is 61.7 Å². The summed E-state index contributed by atoms with van der Waals surface area (Å²) in [5.41, 5.74) is 2.52. The van der Waals surface area contributed by atoms with E-state index < -0.39 is 6.10 Å². The van der Waals surface area contributed by atoms with Crippen molar-refractivity contribution in [2.45, 2.75) is 46.4 Å². The first kappa shape index (κ1) is 21.6. The van der Waals surface area contributed by atoms with Crippen LogP contribution in [0.3, 0.4) is 0 Å². The Balaban J connectivity index is 1.61. The van der Waals surface area contributed by atoms with Crippen LogP contribution in [0, 0.1) is 13.8 Å². The van der Waals surface area contributed by atoms with Crippen molar-refractivity contribution < 1.29 is 18.7 Å². The van der Waals surface area contributed by atoms with E-state index in [1.807, 2.05) is 63.2 Å². The van der Waals surface area contributed by atoms with Crippen molar-refractivity contribution in [2.75, 3.05) is 11.4 Å². The molecule has 32 heavy (non-hydrogen) atoms. The first-order chi connectivity index (χ1) is 15.4. The van der Waals surface area contributed by atoms with E-state index >= 15 is 0 Å². The van der Waals surface area contributed by atoms with E-state index in [0.29, 0.717) is 36.7 Å². The number of nitrogens with zero attached hydrogens (tertiary/aromatic N) is 3. The Labute approximate surface area is 187 Å². The smallest absolute Gasteiger partial charge is 0.268 e. The van der Waals surface area contributed by atoms with Crippen LogP contribution in [0.25, 0.3) is 0 Å². The van der Waals surface area contributed by atoms with Gasteiger partial charge in [0.25, 0.3) is 5.91 Å². The van der Waals surface area contributed by atoms with E-state index in [9.17, 15) is 9.59 Å². The van der Waals surface area contributed by atoms with E-state index in [1.54, 1.807) is 22.2 Å². The van der Waals surface area contributed by atoms with Crippen LogP contribution in [-0.2, 0) is 22.7 Å². The molecule has 0 radical (unpaired) electrons. The lowest BCUT2D eigenvalue weighted by atomic mass is 10.1. The Morgan fingerprint density at radius 3 is 2.69 bits per heavy atom. The number of rotatable bonds is 7. The highest BCUT2D eigenvalue weighted by Gasteiger charge is 2.35. The lowest BCUT2D eigenvalue weighted by Gasteiger charge is -2.35. The van der Waals surface area contributed by atoms with Gasteiger partial charge in [0.05, 0.1) is 12.2 Å². The maximum atomic E-state index is 13.5. The highest BCUT2D eigenvalue weighted by molar-refractivity contribution is 6.03. The fraction of sp³-hybridized carbons (Fsp3) is 0.320. The third kappa shape index (κ3) is 4.66. The van der Waals surface area contributed by atoms with Crippen LogP contribution in [0.4, 0.5) is 5.69 Å². The molecule has 1 aromatic carbocycles. The average Bonchev–Trinajstić information content (AvgIpc) is 3.20. The van der Waals surface area contributed by atoms with Crippen LogP contribution in [0.2, 0.25) is 0 Å². The van der Waals surface area contributed by atoms with Crippen molar-refractivity contribution in [3.05, 3.63) is 77.5 Å². The third-order valence-electron chi connectivity index (χ3n) is 5.47. The highest BCUT2D eigenvalue weighted by atomic mass is 16.5. The van der Waals surface area contributed by atoms with E-state index in [4.69, 9.17) is 9.15 Å². The van der Waals surface area contributed by atoms with Gasteiger partial charge in [0.15, 0.2) is 6.10 Å². The summed E-state index contributed by atoms with van der Waals surface area (Å²) >= 11 is 0. The molecule has 4 rings (SSSR count). The fourth-order valence-electron chi connectivity index (χ4n) is 3.79. The largest absolute Gasteiger partial charge is 0.478 e. The summed E-state index contributed by atoms with van der Waals surface area (Å²) in [6, 6.07) is 13.2. The standard InChI is InChI=1S/C25H27N3O4/c1-4-22-25(30)28(21-12-17(2)7-10-23(21)32-22)16-24(29)27(14-19-6-5-11-26-13-19)15-20-9-8-18(3)31-20/h5-13,22H,4,14-16H2,1-3H3/t22-/m1/s1. The zero-order valence-corrected chi connectivity index (χ0v) is 18.6. The van der Waals surface area contributed by atoms with E-state index in [1.165, 1.54) is 0 Å². The molecular weight excluding hydrogens is 406 g/mol. The van der Waals surface area contributed by atoms with Gasteiger partial charge in [-0.3, -0.25) is 19.5 Å². The molecule has 0 saturated carbocycles. The third-order valence-corrected chi connectivity index (χ3v) is 5.47. The Kier molecular flexibility index (Phi) is 6.25. The first-order valence-electron chi connectivity index (χ1n) is 10.7. The second kappa shape index (κ2) is 9.26. The van der Waals surface area contributed by atoms with Gasteiger partial charge in [-0.2, -0.15) is 0 Å². The highest BCUT2D eigenvalue weighted by Crippen LogP contribution is 2.35. The van der Waals surface area contributed by atoms with E-state index in [2.05, 4.69) is 4.98 Å². The number of benzene rings is 1. The number of hydrogen-bond acceptors (Lipinski definition) is 5. The minimum absolute atomic E-state index is 0.0743. The Bertz CT molecular complexity index is 1110. The molecule has 0 unspecified atom stereocenters. The maximum absolute atomic E-state index is 13.5. The summed E-state index contributed by atoms with van der Waals surface area (Å²) in [6.07, 6.45) is 3.36. The number of furan rings is 1. The number of pyridine rings is 1. The quantitative estimate of drug-likeness (QED) is 0.562. The average molecular weight is 434 g/mol. The van der Waals surface area contributed by atoms with E-state index in [-0.39, 0.29) is 18.4 Å². The second-order valence-electron chi connectivity index (χ2n) is 8.03. The topological polar surface area (TPSA) is 75.9 Å². The number of carbonyl (C=O) groups excluding carboxylic acids is 2. The molecule has 3 aromatic rings. The molecule has 2 amide bonds. The number of amides is 2. The molecule has 1 aliphatic heterocycles. The van der Waals surface area contributed by atoms with Crippen LogP contribution in [-0.4, -0.2) is 34.3 Å². The minimum atomic E-state index is -0.600. The Morgan fingerprint density at radius 2 is 2.00 bits per heavy atom. The number of ether oxygens (including phenoxy) is 1. The Hall–Kier alpha value is -3.61. The van der Waals surface area contributed by atoms with Gasteiger partial charge in [-0.15, -0.1) is 0 Å². The molecular formula is C25H27N3O4. The molecule has 0 N–H and O–H groups in total. The van der Waals surface area contributed by atoms with Gasteiger partial charge in [0.2, 0.25) is 5.91 Å². The first-order valence-corrected chi connectivity index (χ1v) is 10.7. The molecule has 0 aliphatic carbocycles. The number of carbonyl (C=O) groups is 2. The van der Waals surface area contributed by atoms with Crippen molar-refractivity contribution in [2.24, 2.45) is 0 Å². The van der Waals surface area contributed by atoms with Crippen molar-refractivity contribution >= 4 is 17.5 Å². The van der Waals surface area contributed by atoms with Crippen molar-refractivity contribution in [1.82, 2.24) is 9.88 Å². The van der Waals surface area contributed by atoms with Crippen LogP contribution in [0.5, 0.6) is 5.75 Å². The molecule has 0 spiro atoms. The molecule has 1 aliphatic rings. The molecule has 1 atom stereocenters. The lowest BCUT2D eigenvalue weighted by molar-refractivity contribution is -0.134. The lowest BCUT2D eigenvalue weighted by Crippen LogP contribution is -2.50. The summed E-state index contributed by atoms with van der Waals surface area (Å²) in [4.78, 5) is 34.0. The predicted octanol–water partition coefficient (Wildman–Crippen LogP) is 4.02. The van der Waals surface area contributed by atoms with Crippen molar-refractivity contribution in [3.63, 3.8) is 0 Å². The number of aromatic nitrogens is 1. The van der Waals surface area contributed by atoms with Gasteiger partial charge in [0.1, 0.15) is 23.8 Å². The fourth-order valence-corrected chi connectivity index (χ4v) is 3.79. The number of hydrogen-bond donors (Lipinski definition) is 0. The van der Waals surface area contributed by atoms with Crippen LogP contribution in [0.15, 0.2) is 59.3 Å². The summed E-state index contributed by atoms with van der Waals surface area (Å²) in [5, 5.41) is 0. The second-order valence-corrected chi connectivity index (χ2v) is 8.03. The Morgan fingerprint density at radius 1 is 1.16 bits per heavy atom. The number of aryl methyl sites for hydroxylation is 2. The number of anilines is 1. The van der Waals surface area contributed by atoms with Gasteiger partial charge in [-0.25, -0.2) is 0 Å². The van der Waals surface area contributed by atoms with Crippen LogP contribution < -0.4 is 9.64 Å². The predicted molar refractivity (Wildman–Crippen MR) is 120 cm³/mol. The summed E-state index contributed by atoms with van der Waals surface area (Å²) < 4.78 is 11.6. The molecule has 3 heterocycles. The summed E-state index contributed by atoms with van der Waals surface area (Å²) in [5.74, 6) is 1.72. The molecule has 7 heteroatoms. The monoisotopic (exact) mass is 433 g/mol. The van der Waals surface area contributed by atoms with Crippen LogP contribution in [0.1, 0.15) is 36.0 Å². The minimum Gasteiger partial charge on any atom is -0.478 e. The molecule has 0 saturated heterocycles. The van der Waals surface area contributed by atoms with Gasteiger partial charge in [-0.1, -0.05) is 19.1 Å². The van der Waals surface area contributed by atoms with Gasteiger partial charge < -0.3 is 14.1 Å². The van der Waals surface area contributed by atoms with Gasteiger partial charge >= 0.3 is 0 Å². The molecule has 0 fully saturated rings. The molecule has 0 bridgehead atoms. The maximum Gasteiger partial charge on any atom is 0.268 e.